The lowest BCUT2D eigenvalue weighted by Crippen LogP contribution is -2.24. The third-order valence-electron chi connectivity index (χ3n) is 4.06. The number of hydrogen-bond donors (Lipinski definition) is 1. The van der Waals surface area contributed by atoms with Crippen molar-refractivity contribution in [2.24, 2.45) is 13.0 Å². The molecule has 3 rings (SSSR count). The molecule has 3 heterocycles. The van der Waals surface area contributed by atoms with Crippen LogP contribution in [0.5, 0.6) is 5.88 Å². The molecule has 0 unspecified atom stereocenters. The second-order valence-electron chi connectivity index (χ2n) is 5.75. The van der Waals surface area contributed by atoms with Crippen molar-refractivity contribution >= 4 is 11.6 Å². The van der Waals surface area contributed by atoms with Crippen LogP contribution in [0.4, 0.5) is 0 Å². The maximum absolute atomic E-state index is 6.10. The third kappa shape index (κ3) is 3.83. The van der Waals surface area contributed by atoms with Crippen molar-refractivity contribution in [2.45, 2.75) is 19.1 Å². The molecular weight excluding hydrogens is 316 g/mol. The fourth-order valence-electron chi connectivity index (χ4n) is 2.91. The summed E-state index contributed by atoms with van der Waals surface area (Å²) in [6, 6.07) is 1.88. The molecule has 1 aliphatic heterocycles. The van der Waals surface area contributed by atoms with Crippen LogP contribution in [0.15, 0.2) is 24.7 Å². The normalized spacial score (nSPS) is 20.8. The molecular formula is C16H21ClN4O2. The van der Waals surface area contributed by atoms with Crippen molar-refractivity contribution in [3.05, 3.63) is 40.8 Å². The quantitative estimate of drug-likeness (QED) is 0.877. The summed E-state index contributed by atoms with van der Waals surface area (Å²) in [5.74, 6) is 0.900. The Balaban J connectivity index is 1.54. The summed E-state index contributed by atoms with van der Waals surface area (Å²) in [6.45, 7) is 2.39. The number of nitrogens with zero attached hydrogens (tertiary/aromatic N) is 3. The summed E-state index contributed by atoms with van der Waals surface area (Å²) in [5.41, 5.74) is 2.18. The highest BCUT2D eigenvalue weighted by molar-refractivity contribution is 6.31. The molecule has 124 valence electrons. The van der Waals surface area contributed by atoms with Crippen LogP contribution >= 0.6 is 11.6 Å². The Morgan fingerprint density at radius 3 is 3.04 bits per heavy atom. The number of ether oxygens (including phenoxy) is 2. The van der Waals surface area contributed by atoms with E-state index in [9.17, 15) is 0 Å². The zero-order valence-electron chi connectivity index (χ0n) is 13.3. The number of rotatable bonds is 6. The van der Waals surface area contributed by atoms with Crippen molar-refractivity contribution in [3.63, 3.8) is 0 Å². The van der Waals surface area contributed by atoms with Gasteiger partial charge in [0.15, 0.2) is 0 Å². The molecule has 0 saturated carbocycles. The summed E-state index contributed by atoms with van der Waals surface area (Å²) >= 11 is 6.10. The highest BCUT2D eigenvalue weighted by atomic mass is 35.5. The van der Waals surface area contributed by atoms with Crippen molar-refractivity contribution in [2.75, 3.05) is 20.3 Å². The number of halogens is 1. The molecule has 1 fully saturated rings. The van der Waals surface area contributed by atoms with Crippen LogP contribution in [0.3, 0.4) is 0 Å². The third-order valence-corrected chi connectivity index (χ3v) is 4.33. The minimum absolute atomic E-state index is 0.119. The van der Waals surface area contributed by atoms with Crippen molar-refractivity contribution in [1.82, 2.24) is 20.1 Å². The van der Waals surface area contributed by atoms with Gasteiger partial charge in [-0.05, 0) is 18.1 Å². The topological polar surface area (TPSA) is 61.2 Å². The van der Waals surface area contributed by atoms with Gasteiger partial charge in [0, 0.05) is 50.6 Å². The molecule has 0 bridgehead atoms. The van der Waals surface area contributed by atoms with E-state index in [4.69, 9.17) is 21.1 Å². The molecule has 0 radical (unpaired) electrons. The fraction of sp³-hybridized carbons (Fsp3) is 0.500. The zero-order chi connectivity index (χ0) is 16.2. The highest BCUT2D eigenvalue weighted by Gasteiger charge is 2.30. The van der Waals surface area contributed by atoms with E-state index in [1.807, 2.05) is 30.2 Å². The van der Waals surface area contributed by atoms with Crippen LogP contribution in [-0.2, 0) is 18.3 Å². The van der Waals surface area contributed by atoms with Crippen molar-refractivity contribution in [1.29, 1.82) is 0 Å². The van der Waals surface area contributed by atoms with Crippen LogP contribution < -0.4 is 10.1 Å². The number of methoxy groups -OCH3 is 1. The Morgan fingerprint density at radius 1 is 1.48 bits per heavy atom. The van der Waals surface area contributed by atoms with E-state index in [1.165, 1.54) is 0 Å². The first-order valence-corrected chi connectivity index (χ1v) is 8.04. The van der Waals surface area contributed by atoms with Gasteiger partial charge in [0.25, 0.3) is 0 Å². The minimum atomic E-state index is 0.119. The second kappa shape index (κ2) is 7.29. The number of nitrogens with one attached hydrogen (secondary N) is 1. The minimum Gasteiger partial charge on any atom is -0.480 e. The first kappa shape index (κ1) is 16.2. The molecule has 6 nitrogen and oxygen atoms in total. The molecule has 1 saturated heterocycles. The van der Waals surface area contributed by atoms with Gasteiger partial charge in [-0.2, -0.15) is 5.10 Å². The number of aromatic nitrogens is 3. The average Bonchev–Trinajstić information content (AvgIpc) is 3.16. The van der Waals surface area contributed by atoms with Crippen LogP contribution in [0.1, 0.15) is 23.7 Å². The summed E-state index contributed by atoms with van der Waals surface area (Å²) in [5, 5.41) is 8.23. The van der Waals surface area contributed by atoms with E-state index in [0.717, 1.165) is 30.7 Å². The Kier molecular flexibility index (Phi) is 5.15. The second-order valence-corrected chi connectivity index (χ2v) is 6.16. The lowest BCUT2D eigenvalue weighted by atomic mass is 9.97. The van der Waals surface area contributed by atoms with Gasteiger partial charge in [0.2, 0.25) is 5.88 Å². The SMILES string of the molecule is COc1ncc(CNC[C@H]2CCO[C@@H]2c2cnn(C)c2)cc1Cl. The molecule has 2 aromatic rings. The number of hydrogen-bond acceptors (Lipinski definition) is 5. The molecule has 2 atom stereocenters. The molecule has 0 aliphatic carbocycles. The molecule has 2 aromatic heterocycles. The standard InChI is InChI=1S/C16H21ClN4O2/c1-21-10-13(9-20-21)15-12(3-4-23-15)8-18-6-11-5-14(17)16(22-2)19-7-11/h5,7,9-10,12,15,18H,3-4,6,8H2,1-2H3/t12-,15+/m1/s1. The molecule has 1 aliphatic rings. The smallest absolute Gasteiger partial charge is 0.232 e. The predicted octanol–water partition coefficient (Wildman–Crippen LogP) is 2.34. The van der Waals surface area contributed by atoms with Gasteiger partial charge in [-0.25, -0.2) is 4.98 Å². The van der Waals surface area contributed by atoms with Gasteiger partial charge in [-0.3, -0.25) is 4.68 Å². The van der Waals surface area contributed by atoms with Gasteiger partial charge in [0.05, 0.1) is 19.4 Å². The Hall–Kier alpha value is -1.63. The summed E-state index contributed by atoms with van der Waals surface area (Å²) in [6.07, 6.45) is 6.86. The Labute approximate surface area is 140 Å². The Bertz CT molecular complexity index is 661. The molecule has 0 spiro atoms. The van der Waals surface area contributed by atoms with E-state index in [-0.39, 0.29) is 6.10 Å². The molecule has 7 heteroatoms. The van der Waals surface area contributed by atoms with Gasteiger partial charge in [0.1, 0.15) is 5.02 Å². The van der Waals surface area contributed by atoms with E-state index >= 15 is 0 Å². The summed E-state index contributed by atoms with van der Waals surface area (Å²) in [7, 11) is 3.48. The van der Waals surface area contributed by atoms with Gasteiger partial charge in [-0.1, -0.05) is 11.6 Å². The maximum Gasteiger partial charge on any atom is 0.232 e. The molecule has 0 amide bonds. The average molecular weight is 337 g/mol. The van der Waals surface area contributed by atoms with Crippen LogP contribution in [0.2, 0.25) is 5.02 Å². The summed E-state index contributed by atoms with van der Waals surface area (Å²) in [4.78, 5) is 4.18. The maximum atomic E-state index is 6.10. The van der Waals surface area contributed by atoms with E-state index < -0.39 is 0 Å². The highest BCUT2D eigenvalue weighted by Crippen LogP contribution is 2.33. The van der Waals surface area contributed by atoms with Crippen LogP contribution in [-0.4, -0.2) is 35.0 Å². The van der Waals surface area contributed by atoms with Crippen molar-refractivity contribution in [3.8, 4) is 5.88 Å². The fourth-order valence-corrected chi connectivity index (χ4v) is 3.18. The van der Waals surface area contributed by atoms with Crippen LogP contribution in [0, 0.1) is 5.92 Å². The van der Waals surface area contributed by atoms with Gasteiger partial charge in [-0.15, -0.1) is 0 Å². The van der Waals surface area contributed by atoms with Gasteiger partial charge < -0.3 is 14.8 Å². The number of pyridine rings is 1. The van der Waals surface area contributed by atoms with Gasteiger partial charge >= 0.3 is 0 Å². The first-order chi connectivity index (χ1) is 11.2. The molecule has 0 aromatic carbocycles. The first-order valence-electron chi connectivity index (χ1n) is 7.66. The van der Waals surface area contributed by atoms with E-state index in [2.05, 4.69) is 15.4 Å². The Morgan fingerprint density at radius 2 is 2.35 bits per heavy atom. The summed E-state index contributed by atoms with van der Waals surface area (Å²) < 4.78 is 12.7. The van der Waals surface area contributed by atoms with E-state index in [1.54, 1.807) is 13.3 Å². The lowest BCUT2D eigenvalue weighted by Gasteiger charge is -2.18. The predicted molar refractivity (Wildman–Crippen MR) is 87.5 cm³/mol. The monoisotopic (exact) mass is 336 g/mol. The molecule has 23 heavy (non-hydrogen) atoms. The van der Waals surface area contributed by atoms with Crippen molar-refractivity contribution < 1.29 is 9.47 Å². The lowest BCUT2D eigenvalue weighted by molar-refractivity contribution is 0.0904. The van der Waals surface area contributed by atoms with Crippen LogP contribution in [0.25, 0.3) is 0 Å². The molecule has 1 N–H and O–H groups in total. The number of aryl methyl sites for hydroxylation is 1. The van der Waals surface area contributed by atoms with E-state index in [0.29, 0.717) is 23.4 Å². The zero-order valence-corrected chi connectivity index (χ0v) is 14.1. The largest absolute Gasteiger partial charge is 0.480 e.